The molecule has 1 aromatic rings. The summed E-state index contributed by atoms with van der Waals surface area (Å²) in [5.74, 6) is 1.60. The number of benzene rings is 1. The van der Waals surface area contributed by atoms with Crippen LogP contribution in [0.5, 0.6) is 17.2 Å². The van der Waals surface area contributed by atoms with Gasteiger partial charge in [0.1, 0.15) is 5.75 Å². The highest BCUT2D eigenvalue weighted by Gasteiger charge is 2.36. The summed E-state index contributed by atoms with van der Waals surface area (Å²) in [7, 11) is 4.59. The quantitative estimate of drug-likeness (QED) is 0.591. The predicted molar refractivity (Wildman–Crippen MR) is 119 cm³/mol. The lowest BCUT2D eigenvalue weighted by Crippen LogP contribution is -2.49. The topological polar surface area (TPSA) is 98.4 Å². The second-order valence-electron chi connectivity index (χ2n) is 8.05. The van der Waals surface area contributed by atoms with Crippen molar-refractivity contribution in [2.45, 2.75) is 32.7 Å². The number of hydrogen-bond donors (Lipinski definition) is 2. The molecule has 0 aromatic heterocycles. The molecular formula is C23H33N3O6. The van der Waals surface area contributed by atoms with E-state index in [-0.39, 0.29) is 12.6 Å². The van der Waals surface area contributed by atoms with E-state index in [1.807, 2.05) is 0 Å². The summed E-state index contributed by atoms with van der Waals surface area (Å²) < 4.78 is 21.8. The van der Waals surface area contributed by atoms with Gasteiger partial charge < -0.3 is 29.6 Å². The number of ether oxygens (including phenoxy) is 4. The lowest BCUT2D eigenvalue weighted by Gasteiger charge is -2.35. The number of nitrogens with zero attached hydrogens (tertiary/aromatic N) is 1. The molecule has 0 spiro atoms. The maximum atomic E-state index is 13.1. The minimum absolute atomic E-state index is 0.223. The normalized spacial score (nSPS) is 19.8. The fourth-order valence-electron chi connectivity index (χ4n) is 4.15. The first-order valence-corrected chi connectivity index (χ1v) is 10.9. The number of nitrogens with one attached hydrogen (secondary N) is 2. The summed E-state index contributed by atoms with van der Waals surface area (Å²) in [4.78, 5) is 28.0. The predicted octanol–water partition coefficient (Wildman–Crippen LogP) is 2.62. The molecule has 2 N–H and O–H groups in total. The summed E-state index contributed by atoms with van der Waals surface area (Å²) >= 11 is 0. The average Bonchev–Trinajstić information content (AvgIpc) is 2.79. The van der Waals surface area contributed by atoms with Gasteiger partial charge in [-0.2, -0.15) is 0 Å². The molecule has 2 aliphatic heterocycles. The average molecular weight is 448 g/mol. The van der Waals surface area contributed by atoms with E-state index in [2.05, 4.69) is 22.5 Å². The summed E-state index contributed by atoms with van der Waals surface area (Å²) in [6.07, 6.45) is 2.17. The summed E-state index contributed by atoms with van der Waals surface area (Å²) in [6.45, 7) is 6.50. The van der Waals surface area contributed by atoms with Crippen molar-refractivity contribution >= 4 is 12.0 Å². The zero-order valence-corrected chi connectivity index (χ0v) is 19.4. The largest absolute Gasteiger partial charge is 0.496 e. The Morgan fingerprint density at radius 2 is 1.69 bits per heavy atom. The van der Waals surface area contributed by atoms with Gasteiger partial charge in [-0.05, 0) is 44.8 Å². The van der Waals surface area contributed by atoms with E-state index < -0.39 is 12.0 Å². The van der Waals surface area contributed by atoms with Gasteiger partial charge >= 0.3 is 12.0 Å². The van der Waals surface area contributed by atoms with Gasteiger partial charge in [-0.3, -0.25) is 4.90 Å². The molecule has 9 heteroatoms. The van der Waals surface area contributed by atoms with E-state index >= 15 is 0 Å². The lowest BCUT2D eigenvalue weighted by molar-refractivity contribution is -0.139. The van der Waals surface area contributed by atoms with E-state index in [4.69, 9.17) is 18.9 Å². The van der Waals surface area contributed by atoms with Crippen LogP contribution in [0.1, 0.15) is 38.3 Å². The summed E-state index contributed by atoms with van der Waals surface area (Å²) in [5.41, 5.74) is 1.48. The molecule has 0 bridgehead atoms. The third kappa shape index (κ3) is 5.09. The Morgan fingerprint density at radius 3 is 2.28 bits per heavy atom. The van der Waals surface area contributed by atoms with E-state index in [1.165, 1.54) is 21.3 Å². The van der Waals surface area contributed by atoms with Crippen LogP contribution in [0, 0.1) is 5.92 Å². The van der Waals surface area contributed by atoms with E-state index in [9.17, 15) is 9.59 Å². The first-order chi connectivity index (χ1) is 15.4. The number of piperidine rings is 1. The molecule has 0 saturated carbocycles. The number of methoxy groups -OCH3 is 3. The SMILES string of the molecule is CCOC(=O)C1=C(CN2CCC(C)CC2)NC(=O)N[C@H]1c1cc(OC)c(OC)cc1OC. The molecule has 9 nitrogen and oxygen atoms in total. The van der Waals surface area contributed by atoms with Gasteiger partial charge in [-0.15, -0.1) is 0 Å². The van der Waals surface area contributed by atoms with Gasteiger partial charge in [0.15, 0.2) is 11.5 Å². The minimum Gasteiger partial charge on any atom is -0.496 e. The Hall–Kier alpha value is -2.94. The highest BCUT2D eigenvalue weighted by atomic mass is 16.5. The van der Waals surface area contributed by atoms with Crippen molar-refractivity contribution in [3.8, 4) is 17.2 Å². The molecular weight excluding hydrogens is 414 g/mol. The molecule has 2 heterocycles. The van der Waals surface area contributed by atoms with Crippen LogP contribution in [-0.4, -0.2) is 64.5 Å². The maximum absolute atomic E-state index is 13.1. The number of rotatable bonds is 8. The Morgan fingerprint density at radius 1 is 1.06 bits per heavy atom. The van der Waals surface area contributed by atoms with Crippen molar-refractivity contribution in [1.29, 1.82) is 0 Å². The van der Waals surface area contributed by atoms with Crippen molar-refractivity contribution in [3.63, 3.8) is 0 Å². The molecule has 1 saturated heterocycles. The smallest absolute Gasteiger partial charge is 0.338 e. The summed E-state index contributed by atoms with van der Waals surface area (Å²) in [5, 5.41) is 5.70. The highest BCUT2D eigenvalue weighted by Crippen LogP contribution is 2.41. The first-order valence-electron chi connectivity index (χ1n) is 10.9. The number of hydrogen-bond acceptors (Lipinski definition) is 7. The van der Waals surface area contributed by atoms with Gasteiger partial charge in [0.2, 0.25) is 0 Å². The number of likely N-dealkylation sites (tertiary alicyclic amines) is 1. The van der Waals surface area contributed by atoms with Crippen LogP contribution in [0.25, 0.3) is 0 Å². The molecule has 0 aliphatic carbocycles. The zero-order chi connectivity index (χ0) is 23.3. The van der Waals surface area contributed by atoms with Crippen molar-refractivity contribution in [1.82, 2.24) is 15.5 Å². The molecule has 1 aromatic carbocycles. The number of carbonyl (C=O) groups is 2. The van der Waals surface area contributed by atoms with E-state index in [0.29, 0.717) is 46.5 Å². The number of carbonyl (C=O) groups excluding carboxylic acids is 2. The highest BCUT2D eigenvalue weighted by molar-refractivity contribution is 5.95. The van der Waals surface area contributed by atoms with E-state index in [1.54, 1.807) is 19.1 Å². The van der Waals surface area contributed by atoms with Crippen LogP contribution in [-0.2, 0) is 9.53 Å². The van der Waals surface area contributed by atoms with Crippen LogP contribution < -0.4 is 24.8 Å². The monoisotopic (exact) mass is 447 g/mol. The second-order valence-corrected chi connectivity index (χ2v) is 8.05. The molecule has 32 heavy (non-hydrogen) atoms. The molecule has 1 fully saturated rings. The number of urea groups is 1. The van der Waals surface area contributed by atoms with E-state index in [0.717, 1.165) is 25.9 Å². The van der Waals surface area contributed by atoms with Crippen molar-refractivity contribution in [3.05, 3.63) is 29.0 Å². The van der Waals surface area contributed by atoms with Crippen molar-refractivity contribution in [2.75, 3.05) is 47.6 Å². The molecule has 2 aliphatic rings. The van der Waals surface area contributed by atoms with Crippen LogP contribution in [0.3, 0.4) is 0 Å². The third-order valence-corrected chi connectivity index (χ3v) is 5.95. The molecule has 2 amide bonds. The lowest BCUT2D eigenvalue weighted by atomic mass is 9.93. The van der Waals surface area contributed by atoms with Gasteiger partial charge in [0, 0.05) is 23.9 Å². The van der Waals surface area contributed by atoms with Gasteiger partial charge in [-0.25, -0.2) is 9.59 Å². The second kappa shape index (κ2) is 10.6. The fraction of sp³-hybridized carbons (Fsp3) is 0.565. The van der Waals surface area contributed by atoms with Crippen LogP contribution >= 0.6 is 0 Å². The molecule has 0 unspecified atom stereocenters. The molecule has 176 valence electrons. The maximum Gasteiger partial charge on any atom is 0.338 e. The Kier molecular flexibility index (Phi) is 7.84. The molecule has 0 radical (unpaired) electrons. The minimum atomic E-state index is -0.767. The van der Waals surface area contributed by atoms with Crippen LogP contribution in [0.15, 0.2) is 23.4 Å². The Balaban J connectivity index is 2.08. The molecule has 3 rings (SSSR count). The molecule has 1 atom stereocenters. The Labute approximate surface area is 189 Å². The van der Waals surface area contributed by atoms with Crippen molar-refractivity contribution < 1.29 is 28.5 Å². The number of amides is 2. The van der Waals surface area contributed by atoms with Gasteiger partial charge in [0.05, 0.1) is 39.6 Å². The third-order valence-electron chi connectivity index (χ3n) is 5.95. The Bertz CT molecular complexity index is 877. The first kappa shape index (κ1) is 23.7. The van der Waals surface area contributed by atoms with Gasteiger partial charge in [0.25, 0.3) is 0 Å². The summed E-state index contributed by atoms with van der Waals surface area (Å²) in [6, 6.07) is 2.24. The van der Waals surface area contributed by atoms with Crippen LogP contribution in [0.2, 0.25) is 0 Å². The number of esters is 1. The van der Waals surface area contributed by atoms with Crippen molar-refractivity contribution in [2.24, 2.45) is 5.92 Å². The zero-order valence-electron chi connectivity index (χ0n) is 19.4. The standard InChI is InChI=1S/C23H33N3O6/c1-6-32-22(27)20-16(13-26-9-7-14(2)8-10-26)24-23(28)25-21(20)15-11-18(30-4)19(31-5)12-17(15)29-3/h11-12,14,21H,6-10,13H2,1-5H3,(H2,24,25,28)/t21-/m0/s1. The van der Waals surface area contributed by atoms with Gasteiger partial charge in [-0.1, -0.05) is 6.92 Å². The van der Waals surface area contributed by atoms with Crippen LogP contribution in [0.4, 0.5) is 4.79 Å². The fourth-order valence-corrected chi connectivity index (χ4v) is 4.15.